The largest absolute Gasteiger partial charge is 0.508 e. The molecule has 3 aliphatic rings. The Bertz CT molecular complexity index is 694. The van der Waals surface area contributed by atoms with Gasteiger partial charge < -0.3 is 15.3 Å². The van der Waals surface area contributed by atoms with Crippen LogP contribution >= 0.6 is 0 Å². The van der Waals surface area contributed by atoms with Crippen LogP contribution in [0.4, 0.5) is 4.79 Å². The molecule has 1 aromatic rings. The summed E-state index contributed by atoms with van der Waals surface area (Å²) in [4.78, 5) is 27.1. The molecule has 1 aromatic carbocycles. The van der Waals surface area contributed by atoms with Gasteiger partial charge in [-0.05, 0) is 81.0 Å². The number of hydrogen-bond donors (Lipinski definition) is 2. The number of aromatic hydroxyl groups is 1. The lowest BCUT2D eigenvalue weighted by molar-refractivity contribution is 0.0851. The van der Waals surface area contributed by atoms with Gasteiger partial charge in [0.2, 0.25) is 0 Å². The molecule has 0 spiro atoms. The summed E-state index contributed by atoms with van der Waals surface area (Å²) in [6, 6.07) is 6.71. The number of ketones is 1. The van der Waals surface area contributed by atoms with Crippen molar-refractivity contribution in [3.63, 3.8) is 0 Å². The van der Waals surface area contributed by atoms with Gasteiger partial charge >= 0.3 is 6.03 Å². The third-order valence-electron chi connectivity index (χ3n) is 7.09. The molecule has 5 nitrogen and oxygen atoms in total. The number of benzene rings is 1. The van der Waals surface area contributed by atoms with E-state index in [4.69, 9.17) is 0 Å². The Labute approximate surface area is 161 Å². The van der Waals surface area contributed by atoms with Crippen LogP contribution in [0.3, 0.4) is 0 Å². The van der Waals surface area contributed by atoms with E-state index in [1.54, 1.807) is 24.3 Å². The van der Waals surface area contributed by atoms with Crippen LogP contribution in [0.2, 0.25) is 0 Å². The quantitative estimate of drug-likeness (QED) is 0.792. The second-order valence-corrected chi connectivity index (χ2v) is 8.75. The number of phenolic OH excluding ortho intramolecular Hbond substituents is 1. The summed E-state index contributed by atoms with van der Waals surface area (Å²) in [5, 5.41) is 12.6. The molecule has 27 heavy (non-hydrogen) atoms. The minimum absolute atomic E-state index is 0.0285. The number of amides is 2. The smallest absolute Gasteiger partial charge is 0.317 e. The first kappa shape index (κ1) is 18.3. The minimum Gasteiger partial charge on any atom is -0.508 e. The lowest BCUT2D eigenvalue weighted by Crippen LogP contribution is -2.50. The Morgan fingerprint density at radius 2 is 1.78 bits per heavy atom. The Morgan fingerprint density at radius 1 is 1.07 bits per heavy atom. The molecule has 5 heteroatoms. The number of urea groups is 1. The van der Waals surface area contributed by atoms with E-state index in [0.29, 0.717) is 37.4 Å². The number of nitrogens with one attached hydrogen (secondary N) is 1. The van der Waals surface area contributed by atoms with Crippen molar-refractivity contribution < 1.29 is 14.7 Å². The van der Waals surface area contributed by atoms with Crippen molar-refractivity contribution >= 4 is 11.8 Å². The van der Waals surface area contributed by atoms with E-state index in [0.717, 1.165) is 11.8 Å². The number of phenols is 1. The van der Waals surface area contributed by atoms with Crippen molar-refractivity contribution in [1.82, 2.24) is 10.2 Å². The van der Waals surface area contributed by atoms with E-state index in [1.807, 2.05) is 4.90 Å². The Kier molecular flexibility index (Phi) is 5.11. The first-order chi connectivity index (χ1) is 13.0. The maximum absolute atomic E-state index is 12.7. The summed E-state index contributed by atoms with van der Waals surface area (Å²) in [6.07, 6.45) is 6.75. The average Bonchev–Trinajstić information content (AvgIpc) is 3.32. The van der Waals surface area contributed by atoms with Crippen molar-refractivity contribution in [2.24, 2.45) is 23.7 Å². The molecule has 4 rings (SSSR count). The molecule has 146 valence electrons. The normalized spacial score (nSPS) is 28.9. The zero-order valence-electron chi connectivity index (χ0n) is 16.1. The number of Topliss-reactive ketones (excluding diaryl/α,β-unsaturated/α-hetero) is 1. The number of carbonyl (C=O) groups is 2. The number of rotatable bonds is 4. The number of piperidine rings is 1. The highest BCUT2D eigenvalue weighted by Crippen LogP contribution is 2.49. The second-order valence-electron chi connectivity index (χ2n) is 8.75. The zero-order chi connectivity index (χ0) is 19.0. The molecule has 2 saturated carbocycles. The monoisotopic (exact) mass is 370 g/mol. The lowest BCUT2D eigenvalue weighted by Gasteiger charge is -2.34. The molecule has 3 fully saturated rings. The van der Waals surface area contributed by atoms with E-state index >= 15 is 0 Å². The maximum atomic E-state index is 12.7. The van der Waals surface area contributed by atoms with Crippen LogP contribution in [0.25, 0.3) is 0 Å². The van der Waals surface area contributed by atoms with E-state index in [2.05, 4.69) is 12.2 Å². The van der Waals surface area contributed by atoms with Crippen LogP contribution in [0, 0.1) is 23.7 Å². The number of fused-ring (bicyclic) bond motifs is 2. The molecule has 4 atom stereocenters. The number of likely N-dealkylation sites (tertiary alicyclic amines) is 1. The molecular formula is C22H30N2O3. The predicted octanol–water partition coefficient (Wildman–Crippen LogP) is 3.82. The molecule has 0 unspecified atom stereocenters. The maximum Gasteiger partial charge on any atom is 0.317 e. The van der Waals surface area contributed by atoms with Gasteiger partial charge in [0, 0.05) is 30.6 Å². The van der Waals surface area contributed by atoms with Crippen LogP contribution in [-0.2, 0) is 0 Å². The highest BCUT2D eigenvalue weighted by Gasteiger charge is 2.42. The third-order valence-corrected chi connectivity index (χ3v) is 7.09. The zero-order valence-corrected chi connectivity index (χ0v) is 16.1. The molecular weight excluding hydrogens is 340 g/mol. The highest BCUT2D eigenvalue weighted by atomic mass is 16.3. The average molecular weight is 370 g/mol. The first-order valence-electron chi connectivity index (χ1n) is 10.4. The summed E-state index contributed by atoms with van der Waals surface area (Å²) in [6.45, 7) is 3.41. The first-order valence-corrected chi connectivity index (χ1v) is 10.4. The fraction of sp³-hybridized carbons (Fsp3) is 0.636. The van der Waals surface area contributed by atoms with Crippen LogP contribution in [0.5, 0.6) is 5.75 Å². The standard InChI is InChI=1S/C22H30N2O3/c1-14(20-13-15-2-3-18(20)12-15)23-22(27)24-10-8-17(9-11-24)21(26)16-4-6-19(25)7-5-16/h4-7,14-15,17-18,20,25H,2-3,8-13H2,1H3,(H,23,27)/t14-,15-,18-,20+/m0/s1. The van der Waals surface area contributed by atoms with Crippen molar-refractivity contribution in [3.8, 4) is 5.75 Å². The fourth-order valence-corrected chi connectivity index (χ4v) is 5.51. The molecule has 1 heterocycles. The summed E-state index contributed by atoms with van der Waals surface area (Å²) >= 11 is 0. The molecule has 1 aliphatic heterocycles. The summed E-state index contributed by atoms with van der Waals surface area (Å²) < 4.78 is 0. The second kappa shape index (κ2) is 7.53. The Morgan fingerprint density at radius 3 is 2.37 bits per heavy atom. The molecule has 2 aliphatic carbocycles. The number of carbonyl (C=O) groups excluding carboxylic acids is 2. The van der Waals surface area contributed by atoms with Gasteiger partial charge in [-0.2, -0.15) is 0 Å². The SMILES string of the molecule is C[C@H](NC(=O)N1CCC(C(=O)c2ccc(O)cc2)CC1)[C@H]1C[C@H]2CC[C@H]1C2. The third kappa shape index (κ3) is 3.83. The van der Waals surface area contributed by atoms with Crippen LogP contribution in [-0.4, -0.2) is 41.0 Å². The van der Waals surface area contributed by atoms with Gasteiger partial charge in [0.05, 0.1) is 0 Å². The van der Waals surface area contributed by atoms with Gasteiger partial charge in [-0.3, -0.25) is 4.79 Å². The molecule has 2 bridgehead atoms. The van der Waals surface area contributed by atoms with Crippen molar-refractivity contribution in [2.45, 2.75) is 51.5 Å². The van der Waals surface area contributed by atoms with E-state index in [1.165, 1.54) is 25.7 Å². The van der Waals surface area contributed by atoms with E-state index in [9.17, 15) is 14.7 Å². The van der Waals surface area contributed by atoms with Gasteiger partial charge in [-0.15, -0.1) is 0 Å². The van der Waals surface area contributed by atoms with Crippen molar-refractivity contribution in [1.29, 1.82) is 0 Å². The Balaban J connectivity index is 1.26. The molecule has 1 saturated heterocycles. The van der Waals surface area contributed by atoms with Crippen molar-refractivity contribution in [2.75, 3.05) is 13.1 Å². The highest BCUT2D eigenvalue weighted by molar-refractivity contribution is 5.98. The Hall–Kier alpha value is -2.04. The van der Waals surface area contributed by atoms with Gasteiger partial charge in [0.25, 0.3) is 0 Å². The molecule has 0 radical (unpaired) electrons. The van der Waals surface area contributed by atoms with Crippen LogP contribution in [0.15, 0.2) is 24.3 Å². The molecule has 2 amide bonds. The predicted molar refractivity (Wildman–Crippen MR) is 104 cm³/mol. The van der Waals surface area contributed by atoms with Gasteiger partial charge in [-0.1, -0.05) is 6.42 Å². The number of hydrogen-bond acceptors (Lipinski definition) is 3. The van der Waals surface area contributed by atoms with Gasteiger partial charge in [0.15, 0.2) is 5.78 Å². The number of nitrogens with zero attached hydrogens (tertiary/aromatic N) is 1. The van der Waals surface area contributed by atoms with E-state index < -0.39 is 0 Å². The van der Waals surface area contributed by atoms with Gasteiger partial charge in [-0.25, -0.2) is 4.79 Å². The van der Waals surface area contributed by atoms with E-state index in [-0.39, 0.29) is 29.5 Å². The molecule has 2 N–H and O–H groups in total. The van der Waals surface area contributed by atoms with Gasteiger partial charge in [0.1, 0.15) is 5.75 Å². The van der Waals surface area contributed by atoms with Crippen LogP contribution < -0.4 is 5.32 Å². The minimum atomic E-state index is -0.0402. The summed E-state index contributed by atoms with van der Waals surface area (Å²) in [5.74, 6) is 2.58. The van der Waals surface area contributed by atoms with Crippen molar-refractivity contribution in [3.05, 3.63) is 29.8 Å². The lowest BCUT2D eigenvalue weighted by atomic mass is 9.84. The molecule has 0 aromatic heterocycles. The summed E-state index contributed by atoms with van der Waals surface area (Å²) in [7, 11) is 0. The fourth-order valence-electron chi connectivity index (χ4n) is 5.51. The topological polar surface area (TPSA) is 69.6 Å². The van der Waals surface area contributed by atoms with Crippen LogP contribution in [0.1, 0.15) is 55.8 Å². The summed E-state index contributed by atoms with van der Waals surface area (Å²) in [5.41, 5.74) is 0.639.